The standard InChI is InChI=1S/C24H26N2O7/c1-4-5-10-19(26-22(28)16-8-6-7-9-17(16)23(26)29)24(30)33-14-21(27)25-18-13-15(31-2)11-12-20(18)32-3/h6-9,11-13,19H,4-5,10,14H2,1-3H3,(H,25,27)/t19-/m1/s1. The van der Waals surface area contributed by atoms with E-state index >= 15 is 0 Å². The number of imide groups is 1. The summed E-state index contributed by atoms with van der Waals surface area (Å²) in [6.07, 6.45) is 1.59. The number of carbonyl (C=O) groups excluding carboxylic acids is 4. The van der Waals surface area contributed by atoms with Crippen LogP contribution < -0.4 is 14.8 Å². The number of rotatable bonds is 10. The summed E-state index contributed by atoms with van der Waals surface area (Å²) in [7, 11) is 2.95. The first-order valence-electron chi connectivity index (χ1n) is 10.6. The Morgan fingerprint density at radius 1 is 1.00 bits per heavy atom. The maximum absolute atomic E-state index is 12.9. The van der Waals surface area contributed by atoms with Crippen LogP contribution in [0.5, 0.6) is 11.5 Å². The van der Waals surface area contributed by atoms with E-state index in [2.05, 4.69) is 5.32 Å². The topological polar surface area (TPSA) is 111 Å². The lowest BCUT2D eigenvalue weighted by molar-refractivity contribution is -0.151. The van der Waals surface area contributed by atoms with Gasteiger partial charge in [-0.3, -0.25) is 19.3 Å². The van der Waals surface area contributed by atoms with Crippen LogP contribution in [0.15, 0.2) is 42.5 Å². The number of ether oxygens (including phenoxy) is 3. The monoisotopic (exact) mass is 454 g/mol. The van der Waals surface area contributed by atoms with Crippen LogP contribution in [0.25, 0.3) is 0 Å². The van der Waals surface area contributed by atoms with E-state index in [9.17, 15) is 19.2 Å². The number of fused-ring (bicyclic) bond motifs is 1. The molecule has 0 bridgehead atoms. The number of hydrogen-bond donors (Lipinski definition) is 1. The fourth-order valence-electron chi connectivity index (χ4n) is 3.57. The first kappa shape index (κ1) is 23.8. The molecule has 0 fully saturated rings. The molecule has 0 aliphatic carbocycles. The van der Waals surface area contributed by atoms with Crippen LogP contribution >= 0.6 is 0 Å². The molecule has 0 saturated heterocycles. The molecular formula is C24H26N2O7. The molecule has 0 aromatic heterocycles. The van der Waals surface area contributed by atoms with Gasteiger partial charge in [0, 0.05) is 6.07 Å². The first-order valence-corrected chi connectivity index (χ1v) is 10.6. The summed E-state index contributed by atoms with van der Waals surface area (Å²) in [4.78, 5) is 51.9. The van der Waals surface area contributed by atoms with Crippen LogP contribution in [0.2, 0.25) is 0 Å². The van der Waals surface area contributed by atoms with Gasteiger partial charge >= 0.3 is 5.97 Å². The van der Waals surface area contributed by atoms with E-state index in [0.717, 1.165) is 11.3 Å². The molecule has 9 heteroatoms. The summed E-state index contributed by atoms with van der Waals surface area (Å²) >= 11 is 0. The van der Waals surface area contributed by atoms with E-state index in [4.69, 9.17) is 14.2 Å². The molecule has 1 N–H and O–H groups in total. The summed E-state index contributed by atoms with van der Waals surface area (Å²) in [6, 6.07) is 10.2. The van der Waals surface area contributed by atoms with Crippen molar-refractivity contribution in [2.75, 3.05) is 26.1 Å². The average Bonchev–Trinajstić information content (AvgIpc) is 3.08. The molecule has 0 unspecified atom stereocenters. The van der Waals surface area contributed by atoms with E-state index in [-0.39, 0.29) is 17.5 Å². The third kappa shape index (κ3) is 5.14. The minimum atomic E-state index is -1.11. The van der Waals surface area contributed by atoms with Crippen LogP contribution in [0, 0.1) is 0 Å². The highest BCUT2D eigenvalue weighted by molar-refractivity contribution is 6.22. The van der Waals surface area contributed by atoms with Crippen molar-refractivity contribution in [3.8, 4) is 11.5 Å². The molecule has 0 saturated carbocycles. The zero-order valence-electron chi connectivity index (χ0n) is 18.8. The van der Waals surface area contributed by atoms with Crippen molar-refractivity contribution in [2.45, 2.75) is 32.2 Å². The van der Waals surface area contributed by atoms with Gasteiger partial charge < -0.3 is 19.5 Å². The molecule has 1 atom stereocenters. The molecule has 1 heterocycles. The molecule has 33 heavy (non-hydrogen) atoms. The Morgan fingerprint density at radius 3 is 2.24 bits per heavy atom. The Morgan fingerprint density at radius 2 is 1.67 bits per heavy atom. The highest BCUT2D eigenvalue weighted by atomic mass is 16.5. The van der Waals surface area contributed by atoms with Crippen LogP contribution in [0.3, 0.4) is 0 Å². The van der Waals surface area contributed by atoms with Gasteiger partial charge in [0.15, 0.2) is 6.61 Å². The number of benzene rings is 2. The average molecular weight is 454 g/mol. The summed E-state index contributed by atoms with van der Waals surface area (Å²) in [6.45, 7) is 1.34. The van der Waals surface area contributed by atoms with Crippen molar-refractivity contribution in [1.82, 2.24) is 4.90 Å². The summed E-state index contributed by atoms with van der Waals surface area (Å²) in [5.41, 5.74) is 0.847. The maximum Gasteiger partial charge on any atom is 0.329 e. The highest BCUT2D eigenvalue weighted by Crippen LogP contribution is 2.29. The fourth-order valence-corrected chi connectivity index (χ4v) is 3.57. The van der Waals surface area contributed by atoms with E-state index in [1.807, 2.05) is 6.92 Å². The predicted molar refractivity (Wildman–Crippen MR) is 119 cm³/mol. The summed E-state index contributed by atoms with van der Waals surface area (Å²) < 4.78 is 15.6. The lowest BCUT2D eigenvalue weighted by atomic mass is 10.1. The third-order valence-corrected chi connectivity index (χ3v) is 5.27. The molecule has 1 aliphatic rings. The van der Waals surface area contributed by atoms with Gasteiger partial charge in [0.25, 0.3) is 17.7 Å². The Kier molecular flexibility index (Phi) is 7.66. The van der Waals surface area contributed by atoms with Gasteiger partial charge in [0.05, 0.1) is 31.0 Å². The number of anilines is 1. The van der Waals surface area contributed by atoms with Crippen LogP contribution in [0.4, 0.5) is 5.69 Å². The van der Waals surface area contributed by atoms with Crippen LogP contribution in [-0.2, 0) is 14.3 Å². The van der Waals surface area contributed by atoms with E-state index in [1.54, 1.807) is 42.5 Å². The number of esters is 1. The van der Waals surface area contributed by atoms with Gasteiger partial charge in [0.1, 0.15) is 17.5 Å². The Hall–Kier alpha value is -3.88. The number of nitrogens with zero attached hydrogens (tertiary/aromatic N) is 1. The lowest BCUT2D eigenvalue weighted by Crippen LogP contribution is -2.46. The SMILES string of the molecule is CCCC[C@H](C(=O)OCC(=O)Nc1cc(OC)ccc1OC)N1C(=O)c2ccccc2C1=O. The molecular weight excluding hydrogens is 428 g/mol. The largest absolute Gasteiger partial charge is 0.497 e. The minimum absolute atomic E-state index is 0.242. The zero-order valence-corrected chi connectivity index (χ0v) is 18.8. The highest BCUT2D eigenvalue weighted by Gasteiger charge is 2.43. The predicted octanol–water partition coefficient (Wildman–Crippen LogP) is 3.04. The second-order valence-corrected chi connectivity index (χ2v) is 7.41. The number of carbonyl (C=O) groups is 4. The maximum atomic E-state index is 12.9. The molecule has 1 aliphatic heterocycles. The third-order valence-electron chi connectivity index (χ3n) is 5.27. The normalized spacial score (nSPS) is 13.4. The second kappa shape index (κ2) is 10.6. The first-order chi connectivity index (χ1) is 15.9. The van der Waals surface area contributed by atoms with Crippen molar-refractivity contribution in [3.05, 3.63) is 53.6 Å². The molecule has 3 rings (SSSR count). The summed E-state index contributed by atoms with van der Waals surface area (Å²) in [5, 5.41) is 2.61. The second-order valence-electron chi connectivity index (χ2n) is 7.41. The number of unbranched alkanes of at least 4 members (excludes halogenated alkanes) is 1. The number of amides is 3. The Bertz CT molecular complexity index is 1030. The van der Waals surface area contributed by atoms with Crippen molar-refractivity contribution < 1.29 is 33.4 Å². The number of methoxy groups -OCH3 is 2. The van der Waals surface area contributed by atoms with Gasteiger partial charge in [-0.05, 0) is 30.7 Å². The Balaban J connectivity index is 1.70. The molecule has 0 radical (unpaired) electrons. The van der Waals surface area contributed by atoms with Crippen molar-refractivity contribution in [2.24, 2.45) is 0 Å². The van der Waals surface area contributed by atoms with Gasteiger partial charge in [-0.15, -0.1) is 0 Å². The molecule has 2 aromatic rings. The van der Waals surface area contributed by atoms with Gasteiger partial charge in [-0.2, -0.15) is 0 Å². The minimum Gasteiger partial charge on any atom is -0.497 e. The van der Waals surface area contributed by atoms with Gasteiger partial charge in [-0.25, -0.2) is 4.79 Å². The van der Waals surface area contributed by atoms with Crippen molar-refractivity contribution in [1.29, 1.82) is 0 Å². The number of hydrogen-bond acceptors (Lipinski definition) is 7. The summed E-state index contributed by atoms with van der Waals surface area (Å²) in [5.74, 6) is -1.59. The van der Waals surface area contributed by atoms with Gasteiger partial charge in [0.2, 0.25) is 0 Å². The molecule has 9 nitrogen and oxygen atoms in total. The van der Waals surface area contributed by atoms with Gasteiger partial charge in [-0.1, -0.05) is 31.9 Å². The lowest BCUT2D eigenvalue weighted by Gasteiger charge is -2.24. The smallest absolute Gasteiger partial charge is 0.329 e. The number of nitrogens with one attached hydrogen (secondary N) is 1. The quantitative estimate of drug-likeness (QED) is 0.434. The van der Waals surface area contributed by atoms with Crippen molar-refractivity contribution in [3.63, 3.8) is 0 Å². The van der Waals surface area contributed by atoms with E-state index < -0.39 is 36.3 Å². The Labute approximate surface area is 191 Å². The molecule has 3 amide bonds. The van der Waals surface area contributed by atoms with E-state index in [1.165, 1.54) is 14.2 Å². The van der Waals surface area contributed by atoms with Crippen molar-refractivity contribution >= 4 is 29.4 Å². The molecule has 0 spiro atoms. The molecule has 174 valence electrons. The molecule has 2 aromatic carbocycles. The fraction of sp³-hybridized carbons (Fsp3) is 0.333. The van der Waals surface area contributed by atoms with Crippen LogP contribution in [0.1, 0.15) is 46.9 Å². The van der Waals surface area contributed by atoms with Crippen LogP contribution in [-0.4, -0.2) is 55.5 Å². The zero-order chi connectivity index (χ0) is 24.0. The van der Waals surface area contributed by atoms with E-state index in [0.29, 0.717) is 23.6 Å².